The summed E-state index contributed by atoms with van der Waals surface area (Å²) in [4.78, 5) is 28.6. The Hall–Kier alpha value is -3.40. The third-order valence-corrected chi connectivity index (χ3v) is 7.36. The molecule has 0 spiro atoms. The van der Waals surface area contributed by atoms with E-state index in [4.69, 9.17) is 54.4 Å². The summed E-state index contributed by atoms with van der Waals surface area (Å²) in [7, 11) is 0. The Morgan fingerprint density at radius 2 is 1.76 bits per heavy atom. The Kier molecular flexibility index (Phi) is 6.94. The second-order valence-corrected chi connectivity index (χ2v) is 10.1. The van der Waals surface area contributed by atoms with Gasteiger partial charge in [0, 0.05) is 41.3 Å². The molecule has 37 heavy (non-hydrogen) atoms. The Bertz CT molecular complexity index is 1450. The van der Waals surface area contributed by atoms with Gasteiger partial charge in [0.25, 0.3) is 0 Å². The first-order valence-electron chi connectivity index (χ1n) is 12.0. The standard InChI is InChI=1S/C26H27Cl2N7O2/c1-26(24(30)36)10-13-34(14-11-26)22-20-23(33-25(32-22)37-15-12-29)35(17-8-6-16(27)7-9-17)21(31-20)18-4-2-3-5-19(18)28/h2-9H,10-15,29H2,1H3,(H2,30,36). The van der Waals surface area contributed by atoms with E-state index >= 15 is 0 Å². The zero-order valence-corrected chi connectivity index (χ0v) is 21.8. The molecule has 1 saturated heterocycles. The number of nitrogens with zero attached hydrogens (tertiary/aromatic N) is 5. The quantitative estimate of drug-likeness (QED) is 0.360. The molecule has 0 radical (unpaired) electrons. The number of hydrogen-bond acceptors (Lipinski definition) is 7. The lowest BCUT2D eigenvalue weighted by Gasteiger charge is -2.37. The number of ether oxygens (including phenoxy) is 1. The molecule has 0 unspecified atom stereocenters. The van der Waals surface area contributed by atoms with Gasteiger partial charge in [0.15, 0.2) is 17.0 Å². The summed E-state index contributed by atoms with van der Waals surface area (Å²) >= 11 is 12.8. The van der Waals surface area contributed by atoms with Crippen molar-refractivity contribution < 1.29 is 9.53 Å². The van der Waals surface area contributed by atoms with Crippen LogP contribution >= 0.6 is 23.2 Å². The fraction of sp³-hybridized carbons (Fsp3) is 0.308. The van der Waals surface area contributed by atoms with Gasteiger partial charge in [-0.2, -0.15) is 9.97 Å². The van der Waals surface area contributed by atoms with Crippen molar-refractivity contribution >= 4 is 46.1 Å². The molecule has 0 saturated carbocycles. The van der Waals surface area contributed by atoms with Crippen LogP contribution in [0.4, 0.5) is 5.82 Å². The minimum atomic E-state index is -0.563. The average Bonchev–Trinajstić information content (AvgIpc) is 3.27. The predicted molar refractivity (Wildman–Crippen MR) is 145 cm³/mol. The van der Waals surface area contributed by atoms with Crippen molar-refractivity contribution in [2.75, 3.05) is 31.1 Å². The van der Waals surface area contributed by atoms with Crippen molar-refractivity contribution in [2.45, 2.75) is 19.8 Å². The molecule has 1 aliphatic rings. The number of nitrogens with two attached hydrogens (primary N) is 2. The van der Waals surface area contributed by atoms with Gasteiger partial charge >= 0.3 is 6.01 Å². The normalized spacial score (nSPS) is 15.2. The van der Waals surface area contributed by atoms with Gasteiger partial charge in [0.2, 0.25) is 5.91 Å². The van der Waals surface area contributed by atoms with Gasteiger partial charge < -0.3 is 21.1 Å². The number of rotatable bonds is 7. The van der Waals surface area contributed by atoms with Crippen molar-refractivity contribution in [3.63, 3.8) is 0 Å². The van der Waals surface area contributed by atoms with Crippen LogP contribution in [0.5, 0.6) is 6.01 Å². The highest BCUT2D eigenvalue weighted by molar-refractivity contribution is 6.33. The number of halogens is 2. The van der Waals surface area contributed by atoms with E-state index in [9.17, 15) is 4.79 Å². The SMILES string of the molecule is CC1(C(N)=O)CCN(c2nc(OCCN)nc3c2nc(-c2ccccc2Cl)n3-c2ccc(Cl)cc2)CC1. The van der Waals surface area contributed by atoms with Crippen LogP contribution in [0.2, 0.25) is 10.0 Å². The molecular weight excluding hydrogens is 513 g/mol. The van der Waals surface area contributed by atoms with E-state index in [1.807, 2.05) is 60.0 Å². The molecule has 3 heterocycles. The molecule has 192 valence electrons. The number of fused-ring (bicyclic) bond motifs is 1. The molecule has 4 aromatic rings. The molecular formula is C26H27Cl2N7O2. The van der Waals surface area contributed by atoms with Gasteiger partial charge in [-0.25, -0.2) is 4.98 Å². The summed E-state index contributed by atoms with van der Waals surface area (Å²) < 4.78 is 7.71. The predicted octanol–water partition coefficient (Wildman–Crippen LogP) is 4.22. The van der Waals surface area contributed by atoms with E-state index in [1.165, 1.54) is 0 Å². The number of carbonyl (C=O) groups excluding carboxylic acids is 1. The van der Waals surface area contributed by atoms with E-state index in [2.05, 4.69) is 4.90 Å². The smallest absolute Gasteiger partial charge is 0.320 e. The van der Waals surface area contributed by atoms with E-state index in [-0.39, 0.29) is 18.5 Å². The van der Waals surface area contributed by atoms with Crippen molar-refractivity contribution in [1.29, 1.82) is 0 Å². The number of imidazole rings is 1. The van der Waals surface area contributed by atoms with Crippen molar-refractivity contribution in [3.05, 3.63) is 58.6 Å². The number of anilines is 1. The first-order valence-corrected chi connectivity index (χ1v) is 12.8. The lowest BCUT2D eigenvalue weighted by molar-refractivity contribution is -0.127. The van der Waals surface area contributed by atoms with Crippen LogP contribution < -0.4 is 21.1 Å². The molecule has 1 fully saturated rings. The fourth-order valence-corrected chi connectivity index (χ4v) is 4.82. The molecule has 4 N–H and O–H groups in total. The third kappa shape index (κ3) is 4.82. The van der Waals surface area contributed by atoms with Gasteiger partial charge in [-0.1, -0.05) is 42.3 Å². The second-order valence-electron chi connectivity index (χ2n) is 9.28. The van der Waals surface area contributed by atoms with E-state index in [0.717, 1.165) is 11.3 Å². The average molecular weight is 540 g/mol. The molecule has 5 rings (SSSR count). The number of hydrogen-bond donors (Lipinski definition) is 2. The largest absolute Gasteiger partial charge is 0.462 e. The number of piperidine rings is 1. The maximum absolute atomic E-state index is 12.0. The van der Waals surface area contributed by atoms with Crippen LogP contribution in [0.3, 0.4) is 0 Å². The fourth-order valence-electron chi connectivity index (χ4n) is 4.48. The summed E-state index contributed by atoms with van der Waals surface area (Å²) in [5.74, 6) is 0.929. The van der Waals surface area contributed by atoms with Gasteiger partial charge in [0.05, 0.1) is 5.02 Å². The van der Waals surface area contributed by atoms with Crippen LogP contribution in [0.25, 0.3) is 28.2 Å². The number of primary amides is 1. The third-order valence-electron chi connectivity index (χ3n) is 6.78. The van der Waals surface area contributed by atoms with Crippen LogP contribution in [0.1, 0.15) is 19.8 Å². The summed E-state index contributed by atoms with van der Waals surface area (Å²) in [6, 6.07) is 15.1. The summed E-state index contributed by atoms with van der Waals surface area (Å²) in [5.41, 5.74) is 13.5. The van der Waals surface area contributed by atoms with Gasteiger partial charge in [-0.15, -0.1) is 0 Å². The molecule has 0 bridgehead atoms. The lowest BCUT2D eigenvalue weighted by Crippen LogP contribution is -2.45. The van der Waals surface area contributed by atoms with Crippen LogP contribution in [0.15, 0.2) is 48.5 Å². The Morgan fingerprint density at radius 1 is 1.05 bits per heavy atom. The number of carbonyl (C=O) groups is 1. The van der Waals surface area contributed by atoms with Crippen molar-refractivity contribution in [3.8, 4) is 23.1 Å². The first-order chi connectivity index (χ1) is 17.8. The lowest BCUT2D eigenvalue weighted by atomic mass is 9.80. The summed E-state index contributed by atoms with van der Waals surface area (Å²) in [5, 5.41) is 1.16. The zero-order valence-electron chi connectivity index (χ0n) is 20.3. The first kappa shape index (κ1) is 25.3. The summed E-state index contributed by atoms with van der Waals surface area (Å²) in [6.45, 7) is 3.65. The van der Waals surface area contributed by atoms with Gasteiger partial charge in [-0.3, -0.25) is 9.36 Å². The number of amides is 1. The van der Waals surface area contributed by atoms with E-state index in [0.29, 0.717) is 65.3 Å². The monoisotopic (exact) mass is 539 g/mol. The Balaban J connectivity index is 1.73. The molecule has 2 aromatic heterocycles. The Morgan fingerprint density at radius 3 is 2.41 bits per heavy atom. The van der Waals surface area contributed by atoms with Crippen molar-refractivity contribution in [2.24, 2.45) is 16.9 Å². The van der Waals surface area contributed by atoms with Gasteiger partial charge in [-0.05, 0) is 49.2 Å². The zero-order chi connectivity index (χ0) is 26.2. The highest BCUT2D eigenvalue weighted by atomic mass is 35.5. The van der Waals surface area contributed by atoms with Crippen LogP contribution in [-0.2, 0) is 4.79 Å². The van der Waals surface area contributed by atoms with E-state index in [1.54, 1.807) is 0 Å². The minimum Gasteiger partial charge on any atom is -0.462 e. The Labute approximate surface area is 224 Å². The van der Waals surface area contributed by atoms with Gasteiger partial charge in [0.1, 0.15) is 12.4 Å². The molecule has 9 nitrogen and oxygen atoms in total. The molecule has 1 amide bonds. The molecule has 0 aliphatic carbocycles. The summed E-state index contributed by atoms with van der Waals surface area (Å²) in [6.07, 6.45) is 1.20. The molecule has 1 aliphatic heterocycles. The minimum absolute atomic E-state index is 0.192. The topological polar surface area (TPSA) is 125 Å². The number of benzene rings is 2. The highest BCUT2D eigenvalue weighted by Gasteiger charge is 2.37. The van der Waals surface area contributed by atoms with Crippen molar-refractivity contribution in [1.82, 2.24) is 19.5 Å². The van der Waals surface area contributed by atoms with E-state index < -0.39 is 5.41 Å². The number of aromatic nitrogens is 4. The molecule has 11 heteroatoms. The highest BCUT2D eigenvalue weighted by Crippen LogP contribution is 2.38. The van der Waals surface area contributed by atoms with Crippen LogP contribution in [0, 0.1) is 5.41 Å². The molecule has 2 aromatic carbocycles. The maximum Gasteiger partial charge on any atom is 0.320 e. The van der Waals surface area contributed by atoms with Crippen LogP contribution in [-0.4, -0.2) is 51.7 Å². The molecule has 0 atom stereocenters. The maximum atomic E-state index is 12.0. The second kappa shape index (κ2) is 10.2.